The van der Waals surface area contributed by atoms with E-state index in [0.717, 1.165) is 24.8 Å². The summed E-state index contributed by atoms with van der Waals surface area (Å²) in [4.78, 5) is 12.3. The van der Waals surface area contributed by atoms with Gasteiger partial charge in [-0.15, -0.1) is 0 Å². The number of ether oxygens (including phenoxy) is 1. The molecule has 0 heterocycles. The molecule has 0 saturated carbocycles. The SMILES string of the molecule is CCCC(Cc1ccccc1)C(=O)OCc1ccccc1. The van der Waals surface area contributed by atoms with Crippen molar-refractivity contribution in [3.05, 3.63) is 71.8 Å². The first-order valence-electron chi connectivity index (χ1n) is 7.54. The van der Waals surface area contributed by atoms with Crippen molar-refractivity contribution in [2.45, 2.75) is 32.8 Å². The summed E-state index contributed by atoms with van der Waals surface area (Å²) in [6, 6.07) is 19.9. The molecule has 2 nitrogen and oxygen atoms in total. The molecule has 1 unspecified atom stereocenters. The second-order valence-corrected chi connectivity index (χ2v) is 5.27. The van der Waals surface area contributed by atoms with Crippen LogP contribution >= 0.6 is 0 Å². The molecule has 0 aliphatic heterocycles. The van der Waals surface area contributed by atoms with E-state index in [1.807, 2.05) is 48.5 Å². The van der Waals surface area contributed by atoms with E-state index in [9.17, 15) is 4.79 Å². The fourth-order valence-electron chi connectivity index (χ4n) is 2.40. The van der Waals surface area contributed by atoms with Crippen molar-refractivity contribution in [2.24, 2.45) is 5.92 Å². The minimum atomic E-state index is -0.0930. The molecule has 2 rings (SSSR count). The fourth-order valence-corrected chi connectivity index (χ4v) is 2.40. The third-order valence-electron chi connectivity index (χ3n) is 3.52. The zero-order valence-corrected chi connectivity index (χ0v) is 12.5. The summed E-state index contributed by atoms with van der Waals surface area (Å²) in [5.41, 5.74) is 2.22. The van der Waals surface area contributed by atoms with Crippen molar-refractivity contribution in [2.75, 3.05) is 0 Å². The molecule has 0 radical (unpaired) electrons. The van der Waals surface area contributed by atoms with Gasteiger partial charge in [-0.05, 0) is 24.0 Å². The van der Waals surface area contributed by atoms with E-state index in [4.69, 9.17) is 4.74 Å². The van der Waals surface area contributed by atoms with Crippen LogP contribution < -0.4 is 0 Å². The molecule has 0 bridgehead atoms. The maximum Gasteiger partial charge on any atom is 0.309 e. The van der Waals surface area contributed by atoms with E-state index >= 15 is 0 Å². The summed E-state index contributed by atoms with van der Waals surface area (Å²) in [6.45, 7) is 2.46. The molecular formula is C19H22O2. The molecule has 21 heavy (non-hydrogen) atoms. The molecule has 0 saturated heterocycles. The van der Waals surface area contributed by atoms with E-state index < -0.39 is 0 Å². The fraction of sp³-hybridized carbons (Fsp3) is 0.316. The van der Waals surface area contributed by atoms with Gasteiger partial charge in [0.25, 0.3) is 0 Å². The summed E-state index contributed by atoms with van der Waals surface area (Å²) >= 11 is 0. The molecule has 0 aliphatic carbocycles. The Bertz CT molecular complexity index is 534. The second kappa shape index (κ2) is 8.25. The molecule has 110 valence electrons. The van der Waals surface area contributed by atoms with E-state index in [1.54, 1.807) is 0 Å². The highest BCUT2D eigenvalue weighted by Gasteiger charge is 2.19. The van der Waals surface area contributed by atoms with Crippen molar-refractivity contribution in [1.82, 2.24) is 0 Å². The zero-order valence-electron chi connectivity index (χ0n) is 12.5. The lowest BCUT2D eigenvalue weighted by Crippen LogP contribution is -2.20. The van der Waals surface area contributed by atoms with Crippen LogP contribution in [0.15, 0.2) is 60.7 Å². The topological polar surface area (TPSA) is 26.3 Å². The van der Waals surface area contributed by atoms with Crippen LogP contribution in [0.25, 0.3) is 0 Å². The molecule has 0 aliphatic rings. The Morgan fingerprint density at radius 3 is 2.10 bits per heavy atom. The largest absolute Gasteiger partial charge is 0.461 e. The Balaban J connectivity index is 1.92. The van der Waals surface area contributed by atoms with Gasteiger partial charge in [-0.2, -0.15) is 0 Å². The third-order valence-corrected chi connectivity index (χ3v) is 3.52. The molecule has 0 N–H and O–H groups in total. The highest BCUT2D eigenvalue weighted by Crippen LogP contribution is 2.17. The summed E-state index contributed by atoms with van der Waals surface area (Å²) in [5.74, 6) is -0.148. The summed E-state index contributed by atoms with van der Waals surface area (Å²) < 4.78 is 5.48. The van der Waals surface area contributed by atoms with Gasteiger partial charge >= 0.3 is 5.97 Å². The van der Waals surface area contributed by atoms with Crippen molar-refractivity contribution in [3.63, 3.8) is 0 Å². The first-order valence-corrected chi connectivity index (χ1v) is 7.54. The van der Waals surface area contributed by atoms with E-state index in [0.29, 0.717) is 6.61 Å². The number of rotatable bonds is 7. The number of carbonyl (C=O) groups is 1. The van der Waals surface area contributed by atoms with Crippen molar-refractivity contribution < 1.29 is 9.53 Å². The van der Waals surface area contributed by atoms with E-state index in [2.05, 4.69) is 19.1 Å². The van der Waals surface area contributed by atoms with E-state index in [1.165, 1.54) is 5.56 Å². The van der Waals surface area contributed by atoms with Crippen LogP contribution in [0, 0.1) is 5.92 Å². The Hall–Kier alpha value is -2.09. The highest BCUT2D eigenvalue weighted by molar-refractivity contribution is 5.72. The first-order chi connectivity index (χ1) is 10.3. The van der Waals surface area contributed by atoms with Gasteiger partial charge in [-0.1, -0.05) is 74.0 Å². The Kier molecular flexibility index (Phi) is 6.01. The van der Waals surface area contributed by atoms with Crippen molar-refractivity contribution in [1.29, 1.82) is 0 Å². The van der Waals surface area contributed by atoms with Crippen LogP contribution in [0.4, 0.5) is 0 Å². The third kappa shape index (κ3) is 5.07. The van der Waals surface area contributed by atoms with Crippen LogP contribution in [-0.4, -0.2) is 5.97 Å². The smallest absolute Gasteiger partial charge is 0.309 e. The molecule has 0 aromatic heterocycles. The monoisotopic (exact) mass is 282 g/mol. The standard InChI is InChI=1S/C19H22O2/c1-2-9-18(14-16-10-5-3-6-11-16)19(20)21-15-17-12-7-4-8-13-17/h3-8,10-13,18H,2,9,14-15H2,1H3. The molecule has 0 spiro atoms. The number of carbonyl (C=O) groups excluding carboxylic acids is 1. The molecular weight excluding hydrogens is 260 g/mol. The number of benzene rings is 2. The molecule has 0 fully saturated rings. The van der Waals surface area contributed by atoms with Gasteiger partial charge in [0.2, 0.25) is 0 Å². The minimum Gasteiger partial charge on any atom is -0.461 e. The predicted molar refractivity (Wildman–Crippen MR) is 84.8 cm³/mol. The van der Waals surface area contributed by atoms with E-state index in [-0.39, 0.29) is 11.9 Å². The lowest BCUT2D eigenvalue weighted by atomic mass is 9.95. The van der Waals surface area contributed by atoms with Gasteiger partial charge < -0.3 is 4.74 Å². The average molecular weight is 282 g/mol. The lowest BCUT2D eigenvalue weighted by molar-refractivity contribution is -0.150. The molecule has 2 aromatic carbocycles. The molecule has 1 atom stereocenters. The van der Waals surface area contributed by atoms with Crippen molar-refractivity contribution >= 4 is 5.97 Å². The molecule has 2 heteroatoms. The van der Waals surface area contributed by atoms with Gasteiger partial charge in [-0.25, -0.2) is 0 Å². The van der Waals surface area contributed by atoms with Gasteiger partial charge in [0.1, 0.15) is 6.61 Å². The summed E-state index contributed by atoms with van der Waals surface area (Å²) in [7, 11) is 0. The van der Waals surface area contributed by atoms with Crippen LogP contribution in [0.5, 0.6) is 0 Å². The number of hydrogen-bond acceptors (Lipinski definition) is 2. The normalized spacial score (nSPS) is 11.9. The maximum atomic E-state index is 12.3. The van der Waals surface area contributed by atoms with Gasteiger partial charge in [0.15, 0.2) is 0 Å². The minimum absolute atomic E-state index is 0.0545. The van der Waals surface area contributed by atoms with Gasteiger partial charge in [-0.3, -0.25) is 4.79 Å². The second-order valence-electron chi connectivity index (χ2n) is 5.27. The van der Waals surface area contributed by atoms with Crippen LogP contribution in [-0.2, 0) is 22.6 Å². The van der Waals surface area contributed by atoms with Gasteiger partial charge in [0.05, 0.1) is 5.92 Å². The Morgan fingerprint density at radius 1 is 0.952 bits per heavy atom. The van der Waals surface area contributed by atoms with Crippen LogP contribution in [0.3, 0.4) is 0 Å². The number of hydrogen-bond donors (Lipinski definition) is 0. The quantitative estimate of drug-likeness (QED) is 0.704. The highest BCUT2D eigenvalue weighted by atomic mass is 16.5. The Morgan fingerprint density at radius 2 is 1.52 bits per heavy atom. The van der Waals surface area contributed by atoms with Crippen LogP contribution in [0.2, 0.25) is 0 Å². The first kappa shape index (κ1) is 15.3. The summed E-state index contributed by atoms with van der Waals surface area (Å²) in [5, 5.41) is 0. The Labute approximate surface area is 126 Å². The van der Waals surface area contributed by atoms with Crippen molar-refractivity contribution in [3.8, 4) is 0 Å². The predicted octanol–water partition coefficient (Wildman–Crippen LogP) is 4.39. The molecule has 2 aromatic rings. The van der Waals surface area contributed by atoms with Gasteiger partial charge in [0, 0.05) is 0 Å². The summed E-state index contributed by atoms with van der Waals surface area (Å²) in [6.07, 6.45) is 2.60. The van der Waals surface area contributed by atoms with Crippen LogP contribution in [0.1, 0.15) is 30.9 Å². The lowest BCUT2D eigenvalue weighted by Gasteiger charge is -2.15. The average Bonchev–Trinajstić information content (AvgIpc) is 2.54. The zero-order chi connectivity index (χ0) is 14.9. The molecule has 0 amide bonds. The number of esters is 1. The maximum absolute atomic E-state index is 12.3.